The van der Waals surface area contributed by atoms with Gasteiger partial charge in [-0.2, -0.15) is 0 Å². The first kappa shape index (κ1) is 14.3. The summed E-state index contributed by atoms with van der Waals surface area (Å²) in [4.78, 5) is 2.31. The van der Waals surface area contributed by atoms with Crippen molar-refractivity contribution >= 4 is 5.69 Å². The van der Waals surface area contributed by atoms with Crippen molar-refractivity contribution in [2.75, 3.05) is 11.9 Å². The maximum atomic E-state index is 13.5. The van der Waals surface area contributed by atoms with Gasteiger partial charge in [0.1, 0.15) is 5.82 Å². The van der Waals surface area contributed by atoms with Crippen LogP contribution in [0.4, 0.5) is 10.1 Å². The summed E-state index contributed by atoms with van der Waals surface area (Å²) in [5, 5.41) is 3.44. The van der Waals surface area contributed by atoms with Crippen LogP contribution in [0.2, 0.25) is 0 Å². The molecule has 1 N–H and O–H groups in total. The molecule has 1 aromatic rings. The number of anilines is 1. The van der Waals surface area contributed by atoms with Crippen LogP contribution < -0.4 is 10.2 Å². The fourth-order valence-corrected chi connectivity index (χ4v) is 2.37. The highest BCUT2D eigenvalue weighted by Gasteiger charge is 2.24. The molecule has 0 radical (unpaired) electrons. The average molecular weight is 264 g/mol. The molecule has 0 unspecified atom stereocenters. The molecule has 0 atom stereocenters. The van der Waals surface area contributed by atoms with E-state index in [9.17, 15) is 4.39 Å². The third-order valence-corrected chi connectivity index (χ3v) is 3.85. The quantitative estimate of drug-likeness (QED) is 0.892. The van der Waals surface area contributed by atoms with Gasteiger partial charge in [-0.3, -0.25) is 0 Å². The number of nitrogens with one attached hydrogen (secondary N) is 1. The van der Waals surface area contributed by atoms with Crippen LogP contribution in [0.5, 0.6) is 0 Å². The number of hydrogen-bond donors (Lipinski definition) is 1. The Morgan fingerprint density at radius 1 is 1.32 bits per heavy atom. The molecule has 0 aromatic heterocycles. The molecule has 2 nitrogen and oxygen atoms in total. The number of hydrogen-bond acceptors (Lipinski definition) is 2. The SMILES string of the molecule is CN(c1ccc(F)cc1CNC(C)(C)C)C1CCC1. The van der Waals surface area contributed by atoms with Gasteiger partial charge in [-0.05, 0) is 63.8 Å². The predicted octanol–water partition coefficient (Wildman–Crippen LogP) is 3.70. The van der Waals surface area contributed by atoms with Gasteiger partial charge in [0.15, 0.2) is 0 Å². The molecule has 0 bridgehead atoms. The van der Waals surface area contributed by atoms with Crippen LogP contribution >= 0.6 is 0 Å². The smallest absolute Gasteiger partial charge is 0.123 e. The van der Waals surface area contributed by atoms with E-state index in [4.69, 9.17) is 0 Å². The van der Waals surface area contributed by atoms with Gasteiger partial charge in [-0.1, -0.05) is 0 Å². The molecule has 106 valence electrons. The van der Waals surface area contributed by atoms with E-state index in [1.807, 2.05) is 6.07 Å². The second kappa shape index (κ2) is 5.49. The monoisotopic (exact) mass is 264 g/mol. The molecule has 3 heteroatoms. The minimum atomic E-state index is -0.156. The molecule has 2 rings (SSSR count). The van der Waals surface area contributed by atoms with Crippen LogP contribution in [0.1, 0.15) is 45.6 Å². The maximum absolute atomic E-state index is 13.5. The fourth-order valence-electron chi connectivity index (χ4n) is 2.37. The summed E-state index contributed by atoms with van der Waals surface area (Å²) >= 11 is 0. The lowest BCUT2D eigenvalue weighted by atomic mass is 9.91. The molecule has 19 heavy (non-hydrogen) atoms. The van der Waals surface area contributed by atoms with Gasteiger partial charge in [-0.15, -0.1) is 0 Å². The molecular formula is C16H25FN2. The normalized spacial score (nSPS) is 16.3. The largest absolute Gasteiger partial charge is 0.371 e. The van der Waals surface area contributed by atoms with E-state index in [2.05, 4.69) is 38.0 Å². The van der Waals surface area contributed by atoms with Gasteiger partial charge in [0.2, 0.25) is 0 Å². The molecule has 1 saturated carbocycles. The van der Waals surface area contributed by atoms with Gasteiger partial charge in [0, 0.05) is 30.9 Å². The van der Waals surface area contributed by atoms with Crippen molar-refractivity contribution < 1.29 is 4.39 Å². The zero-order chi connectivity index (χ0) is 14.0. The Kier molecular flexibility index (Phi) is 4.14. The molecule has 1 fully saturated rings. The lowest BCUT2D eigenvalue weighted by Gasteiger charge is -2.37. The van der Waals surface area contributed by atoms with Gasteiger partial charge < -0.3 is 10.2 Å². The van der Waals surface area contributed by atoms with Crippen LogP contribution in [0.3, 0.4) is 0 Å². The topological polar surface area (TPSA) is 15.3 Å². The Morgan fingerprint density at radius 2 is 2.00 bits per heavy atom. The molecule has 0 saturated heterocycles. The number of halogens is 1. The molecular weight excluding hydrogens is 239 g/mol. The van der Waals surface area contributed by atoms with Gasteiger partial charge in [-0.25, -0.2) is 4.39 Å². The first-order valence-corrected chi connectivity index (χ1v) is 7.13. The number of benzene rings is 1. The van der Waals surface area contributed by atoms with Crippen LogP contribution in [0.25, 0.3) is 0 Å². The molecule has 0 amide bonds. The summed E-state index contributed by atoms with van der Waals surface area (Å²) in [6.07, 6.45) is 3.81. The van der Waals surface area contributed by atoms with E-state index in [1.54, 1.807) is 12.1 Å². The highest BCUT2D eigenvalue weighted by atomic mass is 19.1. The standard InChI is InChI=1S/C16H25FN2/c1-16(2,3)18-11-12-10-13(17)8-9-15(12)19(4)14-6-5-7-14/h8-10,14,18H,5-7,11H2,1-4H3. The molecule has 1 aliphatic rings. The van der Waals surface area contributed by atoms with Gasteiger partial charge in [0.25, 0.3) is 0 Å². The summed E-state index contributed by atoms with van der Waals surface area (Å²) in [5.41, 5.74) is 2.24. The van der Waals surface area contributed by atoms with Crippen molar-refractivity contribution in [2.45, 2.75) is 58.2 Å². The van der Waals surface area contributed by atoms with Gasteiger partial charge in [0.05, 0.1) is 0 Å². The lowest BCUT2D eigenvalue weighted by Crippen LogP contribution is -2.39. The minimum absolute atomic E-state index is 0.0403. The Morgan fingerprint density at radius 3 is 2.53 bits per heavy atom. The third-order valence-electron chi connectivity index (χ3n) is 3.85. The predicted molar refractivity (Wildman–Crippen MR) is 79.0 cm³/mol. The van der Waals surface area contributed by atoms with Crippen molar-refractivity contribution in [1.82, 2.24) is 5.32 Å². The van der Waals surface area contributed by atoms with Crippen molar-refractivity contribution in [3.8, 4) is 0 Å². The molecule has 1 aliphatic carbocycles. The van der Waals surface area contributed by atoms with E-state index in [-0.39, 0.29) is 11.4 Å². The van der Waals surface area contributed by atoms with Crippen LogP contribution in [-0.4, -0.2) is 18.6 Å². The van der Waals surface area contributed by atoms with Crippen LogP contribution in [0.15, 0.2) is 18.2 Å². The maximum Gasteiger partial charge on any atom is 0.123 e. The average Bonchev–Trinajstić information content (AvgIpc) is 2.23. The van der Waals surface area contributed by atoms with E-state index in [0.29, 0.717) is 12.6 Å². The van der Waals surface area contributed by atoms with Gasteiger partial charge >= 0.3 is 0 Å². The second-order valence-corrected chi connectivity index (χ2v) is 6.57. The highest BCUT2D eigenvalue weighted by Crippen LogP contribution is 2.30. The minimum Gasteiger partial charge on any atom is -0.371 e. The number of rotatable bonds is 4. The Bertz CT molecular complexity index is 433. The Labute approximate surface area is 116 Å². The van der Waals surface area contributed by atoms with E-state index >= 15 is 0 Å². The first-order chi connectivity index (χ1) is 8.87. The fraction of sp³-hybridized carbons (Fsp3) is 0.625. The van der Waals surface area contributed by atoms with Crippen molar-refractivity contribution in [3.05, 3.63) is 29.6 Å². The summed E-state index contributed by atoms with van der Waals surface area (Å²) in [6.45, 7) is 7.08. The van der Waals surface area contributed by atoms with E-state index in [0.717, 1.165) is 11.3 Å². The Balaban J connectivity index is 2.17. The van der Waals surface area contributed by atoms with Crippen LogP contribution in [0, 0.1) is 5.82 Å². The van der Waals surface area contributed by atoms with Crippen LogP contribution in [-0.2, 0) is 6.54 Å². The van der Waals surface area contributed by atoms with Crippen molar-refractivity contribution in [1.29, 1.82) is 0 Å². The number of nitrogens with zero attached hydrogens (tertiary/aromatic N) is 1. The van der Waals surface area contributed by atoms with E-state index < -0.39 is 0 Å². The first-order valence-electron chi connectivity index (χ1n) is 7.13. The zero-order valence-corrected chi connectivity index (χ0v) is 12.5. The summed E-state index contributed by atoms with van der Waals surface area (Å²) in [7, 11) is 2.12. The molecule has 1 aromatic carbocycles. The molecule has 0 spiro atoms. The molecule has 0 heterocycles. The second-order valence-electron chi connectivity index (χ2n) is 6.57. The van der Waals surface area contributed by atoms with Crippen molar-refractivity contribution in [2.24, 2.45) is 0 Å². The molecule has 0 aliphatic heterocycles. The lowest BCUT2D eigenvalue weighted by molar-refractivity contribution is 0.398. The Hall–Kier alpha value is -1.09. The zero-order valence-electron chi connectivity index (χ0n) is 12.5. The highest BCUT2D eigenvalue weighted by molar-refractivity contribution is 5.54. The third kappa shape index (κ3) is 3.69. The van der Waals surface area contributed by atoms with Crippen molar-refractivity contribution in [3.63, 3.8) is 0 Å². The summed E-state index contributed by atoms with van der Waals surface area (Å²) < 4.78 is 13.5. The van der Waals surface area contributed by atoms with E-state index in [1.165, 1.54) is 19.3 Å². The summed E-state index contributed by atoms with van der Waals surface area (Å²) in [5.74, 6) is -0.156. The summed E-state index contributed by atoms with van der Waals surface area (Å²) in [6, 6.07) is 5.75.